The highest BCUT2D eigenvalue weighted by atomic mass is 79.9. The largest absolute Gasteiger partial charge is 0.436 e. The van der Waals surface area contributed by atoms with Gasteiger partial charge in [-0.1, -0.05) is 0 Å². The summed E-state index contributed by atoms with van der Waals surface area (Å²) in [5.41, 5.74) is 0. The average molecular weight is 338 g/mol. The number of aromatic nitrogens is 5. The Morgan fingerprint density at radius 1 is 1.41 bits per heavy atom. The first-order valence-corrected chi connectivity index (χ1v) is 7.61. The van der Waals surface area contributed by atoms with E-state index in [9.17, 15) is 4.57 Å². The fourth-order valence-electron chi connectivity index (χ4n) is 0.916. The van der Waals surface area contributed by atoms with E-state index in [1.54, 1.807) is 0 Å². The Kier molecular flexibility index (Phi) is 3.48. The number of thiol groups is 1. The van der Waals surface area contributed by atoms with Crippen LogP contribution < -0.4 is 4.52 Å². The Bertz CT molecular complexity index is 569. The zero-order chi connectivity index (χ0) is 12.5. The fraction of sp³-hybridized carbons (Fsp3) is 0. The fourth-order valence-corrected chi connectivity index (χ4v) is 1.64. The number of hydrogen-bond acceptors (Lipinski definition) is 6. The molecule has 2 rings (SSSR count). The smallest absolute Gasteiger partial charge is 0.381 e. The summed E-state index contributed by atoms with van der Waals surface area (Å²) in [4.78, 5) is 20.4. The minimum atomic E-state index is -3.97. The maximum Gasteiger partial charge on any atom is 0.436 e. The second-order valence-corrected chi connectivity index (χ2v) is 6.35. The van der Waals surface area contributed by atoms with Crippen LogP contribution in [0.1, 0.15) is 0 Å². The molecule has 0 saturated carbocycles. The Morgan fingerprint density at radius 3 is 2.65 bits per heavy atom. The van der Waals surface area contributed by atoms with Crippen molar-refractivity contribution in [2.75, 3.05) is 0 Å². The van der Waals surface area contributed by atoms with E-state index in [1.807, 2.05) is 0 Å². The first-order chi connectivity index (χ1) is 7.94. The lowest BCUT2D eigenvalue weighted by molar-refractivity contribution is 0.389. The quantitative estimate of drug-likeness (QED) is 0.641. The molecule has 90 valence electrons. The Balaban J connectivity index is 2.24. The Hall–Kier alpha value is -0.960. The summed E-state index contributed by atoms with van der Waals surface area (Å²) in [6.45, 7) is -3.97. The van der Waals surface area contributed by atoms with Crippen LogP contribution in [0.25, 0.3) is 5.95 Å². The van der Waals surface area contributed by atoms with Crippen molar-refractivity contribution in [3.63, 3.8) is 0 Å². The van der Waals surface area contributed by atoms with Crippen LogP contribution in [-0.2, 0) is 4.57 Å². The monoisotopic (exact) mass is 337 g/mol. The van der Waals surface area contributed by atoms with E-state index in [2.05, 4.69) is 52.8 Å². The van der Waals surface area contributed by atoms with Crippen molar-refractivity contribution in [2.24, 2.45) is 0 Å². The highest BCUT2D eigenvalue weighted by Crippen LogP contribution is 2.45. The lowest BCUT2D eigenvalue weighted by Crippen LogP contribution is -2.01. The third kappa shape index (κ3) is 3.50. The first kappa shape index (κ1) is 12.5. The zero-order valence-electron chi connectivity index (χ0n) is 8.00. The molecule has 11 heteroatoms. The number of rotatable bonds is 3. The maximum absolute atomic E-state index is 10.8. The Labute approximate surface area is 109 Å². The summed E-state index contributed by atoms with van der Waals surface area (Å²) in [7, 11) is 0. The van der Waals surface area contributed by atoms with Crippen LogP contribution in [0.15, 0.2) is 23.2 Å². The van der Waals surface area contributed by atoms with Crippen LogP contribution in [0.5, 0.6) is 6.01 Å². The maximum atomic E-state index is 10.8. The van der Waals surface area contributed by atoms with Gasteiger partial charge in [0.05, 0.1) is 4.47 Å². The Morgan fingerprint density at radius 2 is 2.06 bits per heavy atom. The van der Waals surface area contributed by atoms with E-state index in [4.69, 9.17) is 4.89 Å². The SMILES string of the molecule is O=P(O)(S)Oc1ncn(-c2ncc(Br)cn2)n1. The molecule has 8 nitrogen and oxygen atoms in total. The van der Waals surface area contributed by atoms with Crippen LogP contribution in [0.2, 0.25) is 0 Å². The van der Waals surface area contributed by atoms with Crippen LogP contribution >= 0.6 is 35.0 Å². The van der Waals surface area contributed by atoms with Gasteiger partial charge in [-0.05, 0) is 28.2 Å². The van der Waals surface area contributed by atoms with Gasteiger partial charge in [0.1, 0.15) is 6.33 Å². The normalized spacial score (nSPS) is 14.3. The van der Waals surface area contributed by atoms with Gasteiger partial charge in [0, 0.05) is 12.4 Å². The number of hydrogen-bond donors (Lipinski definition) is 2. The van der Waals surface area contributed by atoms with E-state index < -0.39 is 6.80 Å². The molecule has 17 heavy (non-hydrogen) atoms. The van der Waals surface area contributed by atoms with Crippen LogP contribution in [0.4, 0.5) is 0 Å². The molecule has 1 atom stereocenters. The van der Waals surface area contributed by atoms with Gasteiger partial charge >= 0.3 is 12.8 Å². The van der Waals surface area contributed by atoms with Gasteiger partial charge in [-0.25, -0.2) is 14.5 Å². The van der Waals surface area contributed by atoms with Crippen LogP contribution in [-0.4, -0.2) is 29.6 Å². The minimum Gasteiger partial charge on any atom is -0.381 e. The second-order valence-electron chi connectivity index (χ2n) is 2.75. The standard InChI is InChI=1S/C6H5BrN5O3PS/c7-4-1-8-5(9-2-4)12-3-10-6(11-12)15-16(13,14)17/h1-3H,(H2,13,14,17). The first-order valence-electron chi connectivity index (χ1n) is 4.09. The molecular weight excluding hydrogens is 333 g/mol. The molecule has 1 unspecified atom stereocenters. The van der Waals surface area contributed by atoms with Gasteiger partial charge in [0.2, 0.25) is 0 Å². The van der Waals surface area contributed by atoms with Crippen LogP contribution in [0.3, 0.4) is 0 Å². The minimum absolute atomic E-state index is 0.252. The predicted octanol–water partition coefficient (Wildman–Crippen LogP) is 1.23. The molecule has 0 aliphatic heterocycles. The summed E-state index contributed by atoms with van der Waals surface area (Å²) >= 11 is 6.53. The van der Waals surface area contributed by atoms with E-state index in [0.29, 0.717) is 4.47 Å². The molecule has 0 amide bonds. The molecule has 0 spiro atoms. The van der Waals surface area contributed by atoms with E-state index in [-0.39, 0.29) is 12.0 Å². The van der Waals surface area contributed by atoms with Crippen molar-refractivity contribution in [1.82, 2.24) is 24.7 Å². The molecule has 2 aromatic heterocycles. The van der Waals surface area contributed by atoms with Gasteiger partial charge in [-0.15, -0.1) is 5.10 Å². The molecule has 0 aromatic carbocycles. The van der Waals surface area contributed by atoms with Crippen molar-refractivity contribution in [3.8, 4) is 12.0 Å². The van der Waals surface area contributed by atoms with Crippen molar-refractivity contribution in [2.45, 2.75) is 0 Å². The van der Waals surface area contributed by atoms with Crippen molar-refractivity contribution < 1.29 is 14.0 Å². The van der Waals surface area contributed by atoms with Gasteiger partial charge in [-0.3, -0.25) is 0 Å². The molecule has 0 saturated heterocycles. The lowest BCUT2D eigenvalue weighted by atomic mass is 10.7. The molecule has 0 aliphatic rings. The lowest BCUT2D eigenvalue weighted by Gasteiger charge is -2.01. The van der Waals surface area contributed by atoms with Crippen molar-refractivity contribution in [1.29, 1.82) is 0 Å². The highest BCUT2D eigenvalue weighted by molar-refractivity contribution is 9.10. The zero-order valence-corrected chi connectivity index (χ0v) is 11.4. The molecule has 0 aliphatic carbocycles. The second kappa shape index (κ2) is 4.73. The molecule has 1 N–H and O–H groups in total. The molecule has 0 fully saturated rings. The topological polar surface area (TPSA) is 103 Å². The third-order valence-corrected chi connectivity index (χ3v) is 2.54. The highest BCUT2D eigenvalue weighted by Gasteiger charge is 2.17. The van der Waals surface area contributed by atoms with E-state index in [1.165, 1.54) is 23.4 Å². The number of nitrogens with zero attached hydrogens (tertiary/aromatic N) is 5. The van der Waals surface area contributed by atoms with E-state index >= 15 is 0 Å². The van der Waals surface area contributed by atoms with Crippen molar-refractivity contribution in [3.05, 3.63) is 23.2 Å². The molecule has 0 bridgehead atoms. The van der Waals surface area contributed by atoms with Gasteiger partial charge in [0.15, 0.2) is 0 Å². The molecule has 0 radical (unpaired) electrons. The van der Waals surface area contributed by atoms with Gasteiger partial charge in [-0.2, -0.15) is 9.67 Å². The van der Waals surface area contributed by atoms with Gasteiger partial charge < -0.3 is 9.42 Å². The molecule has 2 heterocycles. The summed E-state index contributed by atoms with van der Waals surface area (Å²) in [5.74, 6) is 0.252. The van der Waals surface area contributed by atoms with Crippen LogP contribution in [0, 0.1) is 0 Å². The summed E-state index contributed by atoms with van der Waals surface area (Å²) in [5, 5.41) is 3.76. The van der Waals surface area contributed by atoms with Crippen molar-refractivity contribution >= 4 is 35.0 Å². The summed E-state index contributed by atoms with van der Waals surface area (Å²) in [6, 6.07) is -0.280. The summed E-state index contributed by atoms with van der Waals surface area (Å²) < 4.78 is 17.3. The third-order valence-electron chi connectivity index (χ3n) is 1.48. The average Bonchev–Trinajstić information content (AvgIpc) is 2.64. The summed E-state index contributed by atoms with van der Waals surface area (Å²) in [6.07, 6.45) is 4.31. The van der Waals surface area contributed by atoms with E-state index in [0.717, 1.165) is 0 Å². The molecular formula is C6H5BrN5O3PS. The van der Waals surface area contributed by atoms with Gasteiger partial charge in [0.25, 0.3) is 5.95 Å². The number of halogens is 1. The molecule has 2 aromatic rings. The predicted molar refractivity (Wildman–Crippen MR) is 64.1 cm³/mol.